The van der Waals surface area contributed by atoms with Gasteiger partial charge in [-0.2, -0.15) is 0 Å². The molecule has 1 amide bonds. The van der Waals surface area contributed by atoms with Crippen molar-refractivity contribution in [1.29, 1.82) is 0 Å². The number of nitrogens with zero attached hydrogens (tertiary/aromatic N) is 1. The average Bonchev–Trinajstić information content (AvgIpc) is 2.95. The van der Waals surface area contributed by atoms with Crippen LogP contribution in [-0.4, -0.2) is 17.2 Å². The van der Waals surface area contributed by atoms with Crippen LogP contribution in [0.25, 0.3) is 0 Å². The molecule has 5 heteroatoms. The molecule has 1 aliphatic rings. The lowest BCUT2D eigenvalue weighted by Crippen LogP contribution is -2.31. The molecule has 1 aromatic heterocycles. The number of aromatic nitrogens is 1. The molecular formula is C13H12N2O3. The summed E-state index contributed by atoms with van der Waals surface area (Å²) < 4.78 is 10.5. The highest BCUT2D eigenvalue weighted by atomic mass is 16.5. The lowest BCUT2D eigenvalue weighted by molar-refractivity contribution is -0.122. The smallest absolute Gasteiger partial charge is 0.267 e. The Morgan fingerprint density at radius 2 is 2.28 bits per heavy atom. The number of anilines is 1. The van der Waals surface area contributed by atoms with Gasteiger partial charge in [0.05, 0.1) is 0 Å². The molecule has 0 aliphatic carbocycles. The molecule has 0 bridgehead atoms. The summed E-state index contributed by atoms with van der Waals surface area (Å²) in [5, 5.41) is 6.38. The van der Waals surface area contributed by atoms with Crippen molar-refractivity contribution in [2.24, 2.45) is 0 Å². The van der Waals surface area contributed by atoms with Gasteiger partial charge in [-0.3, -0.25) is 4.79 Å². The van der Waals surface area contributed by atoms with E-state index in [-0.39, 0.29) is 5.91 Å². The van der Waals surface area contributed by atoms with Crippen LogP contribution in [0.4, 0.5) is 5.82 Å². The summed E-state index contributed by atoms with van der Waals surface area (Å²) in [5.74, 6) is 1.63. The second-order valence-electron chi connectivity index (χ2n) is 4.23. The molecule has 0 radical (unpaired) electrons. The fraction of sp³-hybridized carbons (Fsp3) is 0.231. The van der Waals surface area contributed by atoms with Crippen LogP contribution < -0.4 is 10.1 Å². The first-order valence-corrected chi connectivity index (χ1v) is 5.71. The molecule has 0 spiro atoms. The van der Waals surface area contributed by atoms with E-state index in [1.165, 1.54) is 0 Å². The van der Waals surface area contributed by atoms with Crippen molar-refractivity contribution in [3.63, 3.8) is 0 Å². The number of carbonyl (C=O) groups is 1. The minimum atomic E-state index is -0.501. The monoisotopic (exact) mass is 244 g/mol. The molecule has 0 fully saturated rings. The molecule has 0 saturated heterocycles. The number of hydrogen-bond acceptors (Lipinski definition) is 4. The van der Waals surface area contributed by atoms with Gasteiger partial charge in [0, 0.05) is 12.5 Å². The summed E-state index contributed by atoms with van der Waals surface area (Å²) in [7, 11) is 0. The highest BCUT2D eigenvalue weighted by Gasteiger charge is 2.29. The number of nitrogens with one attached hydrogen (secondary N) is 1. The van der Waals surface area contributed by atoms with E-state index in [0.717, 1.165) is 11.3 Å². The van der Waals surface area contributed by atoms with Crippen molar-refractivity contribution in [2.75, 3.05) is 5.32 Å². The highest BCUT2D eigenvalue weighted by molar-refractivity contribution is 5.94. The molecule has 92 valence electrons. The van der Waals surface area contributed by atoms with E-state index in [9.17, 15) is 4.79 Å². The fourth-order valence-corrected chi connectivity index (χ4v) is 1.96. The van der Waals surface area contributed by atoms with Crippen LogP contribution in [0.5, 0.6) is 5.75 Å². The van der Waals surface area contributed by atoms with Gasteiger partial charge in [-0.05, 0) is 18.6 Å². The molecule has 18 heavy (non-hydrogen) atoms. The maximum Gasteiger partial charge on any atom is 0.267 e. The summed E-state index contributed by atoms with van der Waals surface area (Å²) in [6.07, 6.45) is 0.0816. The maximum absolute atomic E-state index is 12.0. The fourth-order valence-electron chi connectivity index (χ4n) is 1.96. The highest BCUT2D eigenvalue weighted by Crippen LogP contribution is 2.28. The second-order valence-corrected chi connectivity index (χ2v) is 4.23. The van der Waals surface area contributed by atoms with Crippen LogP contribution in [0.15, 0.2) is 34.9 Å². The van der Waals surface area contributed by atoms with E-state index >= 15 is 0 Å². The van der Waals surface area contributed by atoms with Crippen molar-refractivity contribution in [2.45, 2.75) is 19.4 Å². The van der Waals surface area contributed by atoms with Crippen LogP contribution >= 0.6 is 0 Å². The van der Waals surface area contributed by atoms with E-state index < -0.39 is 6.10 Å². The van der Waals surface area contributed by atoms with E-state index in [2.05, 4.69) is 10.5 Å². The number of para-hydroxylation sites is 1. The van der Waals surface area contributed by atoms with Gasteiger partial charge >= 0.3 is 0 Å². The van der Waals surface area contributed by atoms with Crippen molar-refractivity contribution < 1.29 is 14.1 Å². The molecule has 1 aliphatic heterocycles. The number of carbonyl (C=O) groups excluding carboxylic acids is 1. The normalized spacial score (nSPS) is 17.1. The first-order valence-electron chi connectivity index (χ1n) is 5.71. The van der Waals surface area contributed by atoms with Crippen LogP contribution in [-0.2, 0) is 11.2 Å². The first-order chi connectivity index (χ1) is 8.72. The van der Waals surface area contributed by atoms with Gasteiger partial charge in [0.1, 0.15) is 11.5 Å². The topological polar surface area (TPSA) is 64.4 Å². The summed E-state index contributed by atoms with van der Waals surface area (Å²) >= 11 is 0. The maximum atomic E-state index is 12.0. The summed E-state index contributed by atoms with van der Waals surface area (Å²) in [6, 6.07) is 9.31. The van der Waals surface area contributed by atoms with Gasteiger partial charge in [-0.15, -0.1) is 0 Å². The largest absolute Gasteiger partial charge is 0.480 e. The number of ether oxygens (including phenoxy) is 1. The molecule has 0 saturated carbocycles. The zero-order chi connectivity index (χ0) is 12.5. The Morgan fingerprint density at radius 3 is 3.00 bits per heavy atom. The van der Waals surface area contributed by atoms with Crippen LogP contribution in [0.2, 0.25) is 0 Å². The van der Waals surface area contributed by atoms with Crippen molar-refractivity contribution in [3.8, 4) is 5.75 Å². The van der Waals surface area contributed by atoms with E-state index in [1.807, 2.05) is 24.3 Å². The first kappa shape index (κ1) is 10.8. The summed E-state index contributed by atoms with van der Waals surface area (Å²) in [4.78, 5) is 12.0. The molecule has 1 atom stereocenters. The Bertz CT molecular complexity index is 566. The molecule has 1 N–H and O–H groups in total. The molecule has 1 unspecified atom stereocenters. The molecule has 1 aromatic carbocycles. The predicted molar refractivity (Wildman–Crippen MR) is 64.4 cm³/mol. The van der Waals surface area contributed by atoms with Crippen LogP contribution in [0, 0.1) is 6.92 Å². The number of benzene rings is 1. The third kappa shape index (κ3) is 1.95. The second kappa shape index (κ2) is 4.18. The van der Waals surface area contributed by atoms with E-state index in [1.54, 1.807) is 13.0 Å². The minimum Gasteiger partial charge on any atom is -0.480 e. The van der Waals surface area contributed by atoms with Crippen LogP contribution in [0.3, 0.4) is 0 Å². The lowest BCUT2D eigenvalue weighted by atomic mass is 10.1. The van der Waals surface area contributed by atoms with Gasteiger partial charge in [-0.25, -0.2) is 0 Å². The molecule has 5 nitrogen and oxygen atoms in total. The van der Waals surface area contributed by atoms with Gasteiger partial charge in [0.2, 0.25) is 0 Å². The Kier molecular flexibility index (Phi) is 2.51. The molecule has 2 aromatic rings. The van der Waals surface area contributed by atoms with E-state index in [0.29, 0.717) is 18.0 Å². The third-order valence-corrected chi connectivity index (χ3v) is 2.82. The number of rotatable bonds is 2. The quantitative estimate of drug-likeness (QED) is 0.876. The van der Waals surface area contributed by atoms with Gasteiger partial charge in [0.15, 0.2) is 11.9 Å². The minimum absolute atomic E-state index is 0.209. The zero-order valence-electron chi connectivity index (χ0n) is 9.84. The number of hydrogen-bond donors (Lipinski definition) is 1. The van der Waals surface area contributed by atoms with Gasteiger partial charge < -0.3 is 14.6 Å². The molecular weight excluding hydrogens is 232 g/mol. The Labute approximate surface area is 104 Å². The standard InChI is InChI=1S/C13H12N2O3/c1-8-6-12(15-18-8)14-13(16)11-7-9-4-2-3-5-10(9)17-11/h2-6,11H,7H2,1H3,(H,14,15,16). The lowest BCUT2D eigenvalue weighted by Gasteiger charge is -2.08. The van der Waals surface area contributed by atoms with Crippen LogP contribution in [0.1, 0.15) is 11.3 Å². The van der Waals surface area contributed by atoms with Crippen molar-refractivity contribution in [3.05, 3.63) is 41.7 Å². The average molecular weight is 244 g/mol. The Hall–Kier alpha value is -2.30. The summed E-state index contributed by atoms with van der Waals surface area (Å²) in [6.45, 7) is 1.77. The SMILES string of the molecule is Cc1cc(NC(=O)C2Cc3ccccc3O2)no1. The van der Waals surface area contributed by atoms with Gasteiger partial charge in [-0.1, -0.05) is 23.4 Å². The van der Waals surface area contributed by atoms with Crippen molar-refractivity contribution >= 4 is 11.7 Å². The molecule has 3 rings (SSSR count). The van der Waals surface area contributed by atoms with Gasteiger partial charge in [0.25, 0.3) is 5.91 Å². The Morgan fingerprint density at radius 1 is 1.44 bits per heavy atom. The Balaban J connectivity index is 1.69. The number of aryl methyl sites for hydroxylation is 1. The number of amides is 1. The van der Waals surface area contributed by atoms with E-state index in [4.69, 9.17) is 9.26 Å². The predicted octanol–water partition coefficient (Wildman–Crippen LogP) is 1.93. The summed E-state index contributed by atoms with van der Waals surface area (Å²) in [5.41, 5.74) is 1.05. The van der Waals surface area contributed by atoms with Crippen molar-refractivity contribution in [1.82, 2.24) is 5.16 Å². The molecule has 2 heterocycles. The third-order valence-electron chi connectivity index (χ3n) is 2.82. The number of fused-ring (bicyclic) bond motifs is 1. The zero-order valence-corrected chi connectivity index (χ0v) is 9.84.